The van der Waals surface area contributed by atoms with E-state index in [9.17, 15) is 13.2 Å². The highest BCUT2D eigenvalue weighted by molar-refractivity contribution is 7.92. The minimum absolute atomic E-state index is 0.260. The van der Waals surface area contributed by atoms with Crippen LogP contribution in [0.25, 0.3) is 0 Å². The van der Waals surface area contributed by atoms with Crippen LogP contribution in [-0.2, 0) is 21.2 Å². The van der Waals surface area contributed by atoms with E-state index in [1.807, 2.05) is 57.2 Å². The van der Waals surface area contributed by atoms with E-state index >= 15 is 0 Å². The topological polar surface area (TPSA) is 75.7 Å². The van der Waals surface area contributed by atoms with Gasteiger partial charge in [0.25, 0.3) is 0 Å². The van der Waals surface area contributed by atoms with E-state index in [2.05, 4.69) is 5.32 Å². The molecule has 0 spiro atoms. The lowest BCUT2D eigenvalue weighted by Gasteiger charge is -2.38. The van der Waals surface area contributed by atoms with E-state index in [-0.39, 0.29) is 11.9 Å². The molecule has 7 heteroatoms. The van der Waals surface area contributed by atoms with Crippen LogP contribution in [0.2, 0.25) is 0 Å². The number of aryl methyl sites for hydroxylation is 1. The van der Waals surface area contributed by atoms with Crippen LogP contribution in [0.1, 0.15) is 51.3 Å². The molecule has 0 fully saturated rings. The second kappa shape index (κ2) is 8.30. The normalized spacial score (nSPS) is 18.6. The number of hydrogen-bond donors (Lipinski definition) is 1. The van der Waals surface area contributed by atoms with Gasteiger partial charge in [-0.15, -0.1) is 0 Å². The van der Waals surface area contributed by atoms with Gasteiger partial charge in [0.1, 0.15) is 17.4 Å². The smallest absolute Gasteiger partial charge is 0.244 e. The quantitative estimate of drug-likeness (QED) is 0.756. The zero-order valence-electron chi connectivity index (χ0n) is 18.2. The van der Waals surface area contributed by atoms with Crippen molar-refractivity contribution in [1.29, 1.82) is 0 Å². The lowest BCUT2D eigenvalue weighted by molar-refractivity contribution is -0.123. The Kier molecular flexibility index (Phi) is 6.13. The first-order valence-electron chi connectivity index (χ1n) is 10.2. The van der Waals surface area contributed by atoms with Gasteiger partial charge in [0.05, 0.1) is 18.0 Å². The molecule has 0 saturated carbocycles. The fourth-order valence-corrected chi connectivity index (χ4v) is 5.09. The number of amides is 1. The number of para-hydroxylation sites is 1. The van der Waals surface area contributed by atoms with E-state index in [1.54, 1.807) is 19.1 Å². The standard InChI is InChI=1S/C23H30N2O4S/c1-6-17-11-13-18(14-12-17)25(30(5,27)28)16(2)22(26)24-20-15-23(3,4)29-21-10-8-7-9-19(20)21/h7-14,16,20H,6,15H2,1-5H3,(H,24,26)/t16-,20+/m1/s1. The third-order valence-corrected chi connectivity index (χ3v) is 6.62. The molecule has 2 aromatic carbocycles. The van der Waals surface area contributed by atoms with Crippen LogP contribution in [0, 0.1) is 0 Å². The average molecular weight is 431 g/mol. The Morgan fingerprint density at radius 2 is 1.83 bits per heavy atom. The second-order valence-corrected chi connectivity index (χ2v) is 10.3. The Bertz CT molecular complexity index is 1020. The monoisotopic (exact) mass is 430 g/mol. The van der Waals surface area contributed by atoms with Crippen molar-refractivity contribution < 1.29 is 17.9 Å². The van der Waals surface area contributed by atoms with Gasteiger partial charge < -0.3 is 10.1 Å². The third-order valence-electron chi connectivity index (χ3n) is 5.38. The lowest BCUT2D eigenvalue weighted by atomic mass is 9.89. The zero-order valence-corrected chi connectivity index (χ0v) is 19.0. The summed E-state index contributed by atoms with van der Waals surface area (Å²) >= 11 is 0. The second-order valence-electron chi connectivity index (χ2n) is 8.42. The molecule has 3 rings (SSSR count). The van der Waals surface area contributed by atoms with Crippen LogP contribution >= 0.6 is 0 Å². The first-order valence-corrected chi connectivity index (χ1v) is 12.0. The summed E-state index contributed by atoms with van der Waals surface area (Å²) in [6, 6.07) is 13.7. The molecule has 0 aromatic heterocycles. The maximum Gasteiger partial charge on any atom is 0.244 e. The van der Waals surface area contributed by atoms with Crippen molar-refractivity contribution in [3.63, 3.8) is 0 Å². The maximum absolute atomic E-state index is 13.2. The van der Waals surface area contributed by atoms with Gasteiger partial charge in [-0.05, 0) is 51.0 Å². The van der Waals surface area contributed by atoms with Crippen LogP contribution in [-0.4, -0.2) is 32.2 Å². The summed E-state index contributed by atoms with van der Waals surface area (Å²) < 4.78 is 32.3. The summed E-state index contributed by atoms with van der Waals surface area (Å²) in [6.45, 7) is 7.60. The molecular formula is C23H30N2O4S. The average Bonchev–Trinajstić information content (AvgIpc) is 2.66. The molecule has 0 aliphatic carbocycles. The Morgan fingerprint density at radius 1 is 1.20 bits per heavy atom. The number of nitrogens with zero attached hydrogens (tertiary/aromatic N) is 1. The molecule has 30 heavy (non-hydrogen) atoms. The number of anilines is 1. The first-order chi connectivity index (χ1) is 14.0. The van der Waals surface area contributed by atoms with Crippen LogP contribution in [0.15, 0.2) is 48.5 Å². The fourth-order valence-electron chi connectivity index (χ4n) is 3.91. The minimum Gasteiger partial charge on any atom is -0.487 e. The summed E-state index contributed by atoms with van der Waals surface area (Å²) in [5.41, 5.74) is 2.04. The number of carbonyl (C=O) groups is 1. The minimum atomic E-state index is -3.66. The van der Waals surface area contributed by atoms with Gasteiger partial charge in [-0.3, -0.25) is 9.10 Å². The van der Waals surface area contributed by atoms with Crippen molar-refractivity contribution in [2.45, 2.75) is 58.2 Å². The number of carbonyl (C=O) groups excluding carboxylic acids is 1. The molecule has 2 aromatic rings. The highest BCUT2D eigenvalue weighted by Gasteiger charge is 2.36. The number of ether oxygens (including phenoxy) is 1. The Morgan fingerprint density at radius 3 is 2.43 bits per heavy atom. The molecule has 0 radical (unpaired) electrons. The summed E-state index contributed by atoms with van der Waals surface area (Å²) in [4.78, 5) is 13.2. The van der Waals surface area contributed by atoms with Gasteiger partial charge in [0.15, 0.2) is 0 Å². The SMILES string of the molecule is CCc1ccc(N([C@H](C)C(=O)N[C@H]2CC(C)(C)Oc3ccccc32)S(C)(=O)=O)cc1. The molecule has 1 heterocycles. The largest absolute Gasteiger partial charge is 0.487 e. The fraction of sp³-hybridized carbons (Fsp3) is 0.435. The van der Waals surface area contributed by atoms with Crippen LogP contribution < -0.4 is 14.4 Å². The number of hydrogen-bond acceptors (Lipinski definition) is 4. The number of rotatable bonds is 6. The van der Waals surface area contributed by atoms with E-state index in [4.69, 9.17) is 4.74 Å². The van der Waals surface area contributed by atoms with E-state index < -0.39 is 21.7 Å². The van der Waals surface area contributed by atoms with Crippen molar-refractivity contribution in [2.75, 3.05) is 10.6 Å². The van der Waals surface area contributed by atoms with Crippen LogP contribution in [0.3, 0.4) is 0 Å². The van der Waals surface area contributed by atoms with Gasteiger partial charge in [-0.2, -0.15) is 0 Å². The molecule has 0 unspecified atom stereocenters. The van der Waals surface area contributed by atoms with Crippen LogP contribution in [0.5, 0.6) is 5.75 Å². The van der Waals surface area contributed by atoms with E-state index in [1.165, 1.54) is 4.31 Å². The van der Waals surface area contributed by atoms with E-state index in [0.29, 0.717) is 12.1 Å². The van der Waals surface area contributed by atoms with Crippen molar-refractivity contribution in [3.05, 3.63) is 59.7 Å². The van der Waals surface area contributed by atoms with Gasteiger partial charge in [0, 0.05) is 12.0 Å². The summed E-state index contributed by atoms with van der Waals surface area (Å²) in [5, 5.41) is 3.05. The van der Waals surface area contributed by atoms with Gasteiger partial charge >= 0.3 is 0 Å². The molecule has 1 N–H and O–H groups in total. The Balaban J connectivity index is 1.87. The summed E-state index contributed by atoms with van der Waals surface area (Å²) in [6.07, 6.45) is 2.57. The predicted octanol–water partition coefficient (Wildman–Crippen LogP) is 3.82. The van der Waals surface area contributed by atoms with Gasteiger partial charge in [0.2, 0.25) is 15.9 Å². The Hall–Kier alpha value is -2.54. The number of fused-ring (bicyclic) bond motifs is 1. The van der Waals surface area contributed by atoms with Crippen molar-refractivity contribution in [3.8, 4) is 5.75 Å². The zero-order chi connectivity index (χ0) is 22.1. The molecular weight excluding hydrogens is 400 g/mol. The molecule has 1 aliphatic rings. The number of benzene rings is 2. The maximum atomic E-state index is 13.2. The predicted molar refractivity (Wildman–Crippen MR) is 119 cm³/mol. The summed E-state index contributed by atoms with van der Waals surface area (Å²) in [5.74, 6) is 0.388. The Labute approximate surface area is 179 Å². The van der Waals surface area contributed by atoms with Gasteiger partial charge in [-0.1, -0.05) is 37.3 Å². The van der Waals surface area contributed by atoms with Crippen LogP contribution in [0.4, 0.5) is 5.69 Å². The molecule has 1 amide bonds. The lowest BCUT2D eigenvalue weighted by Crippen LogP contribution is -2.50. The first kappa shape index (κ1) is 22.2. The molecule has 6 nitrogen and oxygen atoms in total. The summed E-state index contributed by atoms with van der Waals surface area (Å²) in [7, 11) is -3.66. The molecule has 162 valence electrons. The van der Waals surface area contributed by atoms with Gasteiger partial charge in [-0.25, -0.2) is 8.42 Å². The van der Waals surface area contributed by atoms with Crippen molar-refractivity contribution in [1.82, 2.24) is 5.32 Å². The number of sulfonamides is 1. The highest BCUT2D eigenvalue weighted by Crippen LogP contribution is 2.39. The van der Waals surface area contributed by atoms with E-state index in [0.717, 1.165) is 29.6 Å². The molecule has 0 bridgehead atoms. The molecule has 0 saturated heterocycles. The molecule has 2 atom stereocenters. The van der Waals surface area contributed by atoms with Crippen molar-refractivity contribution >= 4 is 21.6 Å². The third kappa shape index (κ3) is 4.78. The van der Waals surface area contributed by atoms with Crippen molar-refractivity contribution in [2.24, 2.45) is 0 Å². The number of nitrogens with one attached hydrogen (secondary N) is 1. The highest BCUT2D eigenvalue weighted by atomic mass is 32.2. The molecule has 1 aliphatic heterocycles.